The second kappa shape index (κ2) is 6.73. The minimum absolute atomic E-state index is 0.0516. The second-order valence-corrected chi connectivity index (χ2v) is 5.46. The van der Waals surface area contributed by atoms with Crippen LogP contribution in [0.4, 0.5) is 0 Å². The molecule has 1 heterocycles. The van der Waals surface area contributed by atoms with Crippen molar-refractivity contribution in [2.75, 3.05) is 20.2 Å². The van der Waals surface area contributed by atoms with Crippen LogP contribution in [0.1, 0.15) is 27.2 Å². The van der Waals surface area contributed by atoms with Gasteiger partial charge in [-0.2, -0.15) is 0 Å². The summed E-state index contributed by atoms with van der Waals surface area (Å²) in [5.74, 6) is 0.166. The molecule has 2 unspecified atom stereocenters. The van der Waals surface area contributed by atoms with Crippen molar-refractivity contribution in [2.24, 2.45) is 17.8 Å². The van der Waals surface area contributed by atoms with Gasteiger partial charge in [-0.15, -0.1) is 0 Å². The number of nitrogens with one attached hydrogen (secondary N) is 2. The number of carbonyl (C=O) groups excluding carboxylic acids is 2. The van der Waals surface area contributed by atoms with E-state index >= 15 is 0 Å². The average molecular weight is 256 g/mol. The Morgan fingerprint density at radius 3 is 2.50 bits per heavy atom. The number of rotatable bonds is 5. The normalized spacial score (nSPS) is 24.9. The zero-order chi connectivity index (χ0) is 13.7. The van der Waals surface area contributed by atoms with Gasteiger partial charge in [-0.05, 0) is 24.8 Å². The highest BCUT2D eigenvalue weighted by Crippen LogP contribution is 2.17. The predicted octanol–water partition coefficient (Wildman–Crippen LogP) is 0.546. The van der Waals surface area contributed by atoms with Crippen LogP contribution >= 0.6 is 0 Å². The van der Waals surface area contributed by atoms with Gasteiger partial charge < -0.3 is 15.4 Å². The van der Waals surface area contributed by atoms with Gasteiger partial charge in [0.05, 0.1) is 13.0 Å². The number of carbonyl (C=O) groups is 2. The molecule has 5 nitrogen and oxygen atoms in total. The van der Waals surface area contributed by atoms with E-state index in [1.807, 2.05) is 20.8 Å². The fourth-order valence-electron chi connectivity index (χ4n) is 2.27. The fraction of sp³-hybridized carbons (Fsp3) is 0.846. The fourth-order valence-corrected chi connectivity index (χ4v) is 2.27. The minimum Gasteiger partial charge on any atom is -0.467 e. The maximum Gasteiger partial charge on any atom is 0.328 e. The summed E-state index contributed by atoms with van der Waals surface area (Å²) < 4.78 is 4.73. The van der Waals surface area contributed by atoms with Gasteiger partial charge >= 0.3 is 5.97 Å². The molecule has 0 bridgehead atoms. The van der Waals surface area contributed by atoms with Crippen molar-refractivity contribution in [1.29, 1.82) is 0 Å². The highest BCUT2D eigenvalue weighted by atomic mass is 16.5. The smallest absolute Gasteiger partial charge is 0.328 e. The van der Waals surface area contributed by atoms with E-state index in [2.05, 4.69) is 10.6 Å². The number of amides is 1. The molecule has 2 N–H and O–H groups in total. The molecule has 0 aromatic heterocycles. The SMILES string of the molecule is COC(=O)[C@H](CC(C)C)NC(=O)C1CNCC1C. The number of ether oxygens (including phenoxy) is 1. The van der Waals surface area contributed by atoms with E-state index in [-0.39, 0.29) is 17.8 Å². The van der Waals surface area contributed by atoms with Gasteiger partial charge in [0.1, 0.15) is 6.04 Å². The van der Waals surface area contributed by atoms with Crippen molar-refractivity contribution in [2.45, 2.75) is 33.2 Å². The van der Waals surface area contributed by atoms with E-state index < -0.39 is 6.04 Å². The Kier molecular flexibility index (Phi) is 5.59. The van der Waals surface area contributed by atoms with Crippen molar-refractivity contribution < 1.29 is 14.3 Å². The Balaban J connectivity index is 2.59. The van der Waals surface area contributed by atoms with E-state index in [0.717, 1.165) is 6.54 Å². The summed E-state index contributed by atoms with van der Waals surface area (Å²) in [5, 5.41) is 6.00. The third-order valence-corrected chi connectivity index (χ3v) is 3.36. The number of methoxy groups -OCH3 is 1. The summed E-state index contributed by atoms with van der Waals surface area (Å²) in [6.45, 7) is 7.61. The molecule has 1 fully saturated rings. The number of hydrogen-bond acceptors (Lipinski definition) is 4. The number of esters is 1. The van der Waals surface area contributed by atoms with Crippen LogP contribution in [0.25, 0.3) is 0 Å². The molecule has 0 aliphatic carbocycles. The van der Waals surface area contributed by atoms with Gasteiger partial charge in [-0.1, -0.05) is 20.8 Å². The van der Waals surface area contributed by atoms with Crippen LogP contribution in [-0.2, 0) is 14.3 Å². The highest BCUT2D eigenvalue weighted by Gasteiger charge is 2.32. The maximum atomic E-state index is 12.1. The predicted molar refractivity (Wildman–Crippen MR) is 68.9 cm³/mol. The van der Waals surface area contributed by atoms with Crippen LogP contribution < -0.4 is 10.6 Å². The molecular weight excluding hydrogens is 232 g/mol. The molecular formula is C13H24N2O3. The Morgan fingerprint density at radius 2 is 2.06 bits per heavy atom. The van der Waals surface area contributed by atoms with Crippen molar-refractivity contribution in [1.82, 2.24) is 10.6 Å². The summed E-state index contributed by atoms with van der Waals surface area (Å²) in [6.07, 6.45) is 0.604. The lowest BCUT2D eigenvalue weighted by Gasteiger charge is -2.21. The first-order chi connectivity index (χ1) is 8.45. The molecule has 5 heteroatoms. The molecule has 0 aromatic rings. The topological polar surface area (TPSA) is 67.4 Å². The van der Waals surface area contributed by atoms with Gasteiger partial charge in [0.25, 0.3) is 0 Å². The van der Waals surface area contributed by atoms with Gasteiger partial charge in [-0.3, -0.25) is 4.79 Å². The van der Waals surface area contributed by atoms with Gasteiger partial charge in [0, 0.05) is 6.54 Å². The van der Waals surface area contributed by atoms with E-state index in [1.54, 1.807) is 0 Å². The molecule has 0 aromatic carbocycles. The van der Waals surface area contributed by atoms with Crippen LogP contribution in [0.3, 0.4) is 0 Å². The van der Waals surface area contributed by atoms with Crippen molar-refractivity contribution >= 4 is 11.9 Å². The highest BCUT2D eigenvalue weighted by molar-refractivity contribution is 5.86. The zero-order valence-electron chi connectivity index (χ0n) is 11.7. The van der Waals surface area contributed by atoms with Crippen LogP contribution in [0.2, 0.25) is 0 Å². The summed E-state index contributed by atoms with van der Waals surface area (Å²) >= 11 is 0. The second-order valence-electron chi connectivity index (χ2n) is 5.46. The van der Waals surface area contributed by atoms with E-state index in [9.17, 15) is 9.59 Å². The van der Waals surface area contributed by atoms with Crippen molar-refractivity contribution in [3.63, 3.8) is 0 Å². The summed E-state index contributed by atoms with van der Waals surface area (Å²) in [5.41, 5.74) is 0. The molecule has 1 aliphatic heterocycles. The molecule has 104 valence electrons. The molecule has 0 radical (unpaired) electrons. The first-order valence-corrected chi connectivity index (χ1v) is 6.54. The first-order valence-electron chi connectivity index (χ1n) is 6.54. The number of hydrogen-bond donors (Lipinski definition) is 2. The van der Waals surface area contributed by atoms with Gasteiger partial charge in [0.15, 0.2) is 0 Å². The Hall–Kier alpha value is -1.10. The van der Waals surface area contributed by atoms with Crippen molar-refractivity contribution in [3.05, 3.63) is 0 Å². The van der Waals surface area contributed by atoms with Gasteiger partial charge in [-0.25, -0.2) is 4.79 Å². The lowest BCUT2D eigenvalue weighted by Crippen LogP contribution is -2.46. The zero-order valence-corrected chi connectivity index (χ0v) is 11.7. The molecule has 1 amide bonds. The lowest BCUT2D eigenvalue weighted by atomic mass is 9.96. The third kappa shape index (κ3) is 3.98. The Labute approximate surface area is 109 Å². The molecule has 0 spiro atoms. The molecule has 18 heavy (non-hydrogen) atoms. The Bertz CT molecular complexity index is 305. The van der Waals surface area contributed by atoms with E-state index in [0.29, 0.717) is 24.8 Å². The van der Waals surface area contributed by atoms with Crippen LogP contribution in [0.15, 0.2) is 0 Å². The molecule has 3 atom stereocenters. The largest absolute Gasteiger partial charge is 0.467 e. The Morgan fingerprint density at radius 1 is 1.39 bits per heavy atom. The lowest BCUT2D eigenvalue weighted by molar-refractivity contribution is -0.146. The molecule has 1 saturated heterocycles. The maximum absolute atomic E-state index is 12.1. The third-order valence-electron chi connectivity index (χ3n) is 3.36. The van der Waals surface area contributed by atoms with Gasteiger partial charge in [0.2, 0.25) is 5.91 Å². The summed E-state index contributed by atoms with van der Waals surface area (Å²) in [7, 11) is 1.35. The average Bonchev–Trinajstić information content (AvgIpc) is 2.73. The standard InChI is InChI=1S/C13H24N2O3/c1-8(2)5-11(13(17)18-4)15-12(16)10-7-14-6-9(10)3/h8-11,14H,5-7H2,1-4H3,(H,15,16)/t9?,10?,11-/m0/s1. The van der Waals surface area contributed by atoms with Crippen LogP contribution in [-0.4, -0.2) is 38.1 Å². The monoisotopic (exact) mass is 256 g/mol. The first kappa shape index (κ1) is 15.0. The molecule has 1 aliphatic rings. The quantitative estimate of drug-likeness (QED) is 0.705. The summed E-state index contributed by atoms with van der Waals surface area (Å²) in [6, 6.07) is -0.532. The van der Waals surface area contributed by atoms with Crippen molar-refractivity contribution in [3.8, 4) is 0 Å². The summed E-state index contributed by atoms with van der Waals surface area (Å²) in [4.78, 5) is 23.7. The van der Waals surface area contributed by atoms with Crippen LogP contribution in [0.5, 0.6) is 0 Å². The molecule has 0 saturated carbocycles. The minimum atomic E-state index is -0.532. The van der Waals surface area contributed by atoms with E-state index in [4.69, 9.17) is 4.74 Å². The molecule has 1 rings (SSSR count). The van der Waals surface area contributed by atoms with Crippen LogP contribution in [0, 0.1) is 17.8 Å². The van der Waals surface area contributed by atoms with E-state index in [1.165, 1.54) is 7.11 Å².